The van der Waals surface area contributed by atoms with Gasteiger partial charge in [0.15, 0.2) is 0 Å². The molecule has 0 amide bonds. The topological polar surface area (TPSA) is 37.3 Å². The summed E-state index contributed by atoms with van der Waals surface area (Å²) < 4.78 is 0. The zero-order valence-corrected chi connectivity index (χ0v) is 5.74. The summed E-state index contributed by atoms with van der Waals surface area (Å²) >= 11 is 0. The van der Waals surface area contributed by atoms with Gasteiger partial charge in [-0.1, -0.05) is 0 Å². The Balaban J connectivity index is -0.0000000450. The summed E-state index contributed by atoms with van der Waals surface area (Å²) in [5.74, 6) is -1.08. The van der Waals surface area contributed by atoms with Crippen LogP contribution in [0.1, 0.15) is 0 Å². The molecule has 0 aliphatic heterocycles. The van der Waals surface area contributed by atoms with E-state index in [2.05, 4.69) is 6.92 Å². The molecule has 0 bridgehead atoms. The van der Waals surface area contributed by atoms with Gasteiger partial charge >= 0.3 is 43.7 Å². The van der Waals surface area contributed by atoms with Crippen LogP contribution in [-0.4, -0.2) is 48.8 Å². The Labute approximate surface area is 79.1 Å². The van der Waals surface area contributed by atoms with Gasteiger partial charge in [0, 0.05) is 19.5 Å². The van der Waals surface area contributed by atoms with E-state index in [0.29, 0.717) is 0 Å². The van der Waals surface area contributed by atoms with E-state index in [1.165, 1.54) is 0 Å². The second-order valence-corrected chi connectivity index (χ2v) is 0.394. The monoisotopic (exact) mass is 165 g/mol. The minimum Gasteiger partial charge on any atom is 0 e. The summed E-state index contributed by atoms with van der Waals surface area (Å²) in [6, 6.07) is 0. The average Bonchev–Trinajstić information content (AvgIpc) is 0.811. The molecule has 6 heavy (non-hydrogen) atoms. The van der Waals surface area contributed by atoms with E-state index in [-0.39, 0.29) is 57.2 Å². The van der Waals surface area contributed by atoms with E-state index in [0.717, 1.165) is 0 Å². The predicted octanol–water partition coefficient (Wildman–Crippen LogP) is -1.01. The number of carboxylic acids is 1. The van der Waals surface area contributed by atoms with Crippen molar-refractivity contribution in [3.8, 4) is 0 Å². The van der Waals surface area contributed by atoms with Gasteiger partial charge in [-0.15, -0.1) is 0 Å². The van der Waals surface area contributed by atoms with Gasteiger partial charge in [-0.2, -0.15) is 0 Å². The van der Waals surface area contributed by atoms with Crippen LogP contribution in [0.3, 0.4) is 0 Å². The largest absolute Gasteiger partial charge is 0 e. The van der Waals surface area contributed by atoms with Gasteiger partial charge in [0.1, 0.15) is 0 Å². The van der Waals surface area contributed by atoms with Crippen LogP contribution in [0.5, 0.6) is 0 Å². The molecule has 0 aliphatic rings. The van der Waals surface area contributed by atoms with Crippen molar-refractivity contribution in [2.24, 2.45) is 0 Å². The van der Waals surface area contributed by atoms with Gasteiger partial charge in [-0.05, 0) is 0 Å². The van der Waals surface area contributed by atoms with E-state index >= 15 is 0 Å². The molecule has 0 aromatic rings. The van der Waals surface area contributed by atoms with E-state index < -0.39 is 5.97 Å². The van der Waals surface area contributed by atoms with Crippen molar-refractivity contribution in [1.82, 2.24) is 0 Å². The average molecular weight is 167 g/mol. The molecule has 29 valence electrons. The first-order valence-electron chi connectivity index (χ1n) is 0.781. The molecule has 4 heteroatoms. The molecular formula is C2H5CaO2Zn. The van der Waals surface area contributed by atoms with E-state index in [9.17, 15) is 0 Å². The Morgan fingerprint density at radius 1 is 1.67 bits per heavy atom. The molecule has 0 atom stereocenters. The van der Waals surface area contributed by atoms with Crippen molar-refractivity contribution in [3.05, 3.63) is 6.92 Å². The van der Waals surface area contributed by atoms with Crippen LogP contribution in [-0.2, 0) is 24.3 Å². The van der Waals surface area contributed by atoms with Crippen LogP contribution >= 0.6 is 0 Å². The summed E-state index contributed by atoms with van der Waals surface area (Å²) in [4.78, 5) is 8.89. The molecule has 0 aromatic heterocycles. The molecule has 0 saturated carbocycles. The smallest absolute Gasteiger partial charge is 0 e. The van der Waals surface area contributed by atoms with Crippen molar-refractivity contribution in [2.75, 3.05) is 0 Å². The maximum absolute atomic E-state index is 8.89. The summed E-state index contributed by atoms with van der Waals surface area (Å²) in [5.41, 5.74) is 0. The molecule has 0 spiro atoms. The first kappa shape index (κ1) is 15.7. The second-order valence-electron chi connectivity index (χ2n) is 0.394. The Morgan fingerprint density at radius 2 is 1.67 bits per heavy atom. The fraction of sp³-hybridized carbons (Fsp3) is 0. The van der Waals surface area contributed by atoms with Gasteiger partial charge in [0.25, 0.3) is 0 Å². The molecule has 1 radical (unpaired) electrons. The first-order valence-corrected chi connectivity index (χ1v) is 0.781. The van der Waals surface area contributed by atoms with Gasteiger partial charge < -0.3 is 5.11 Å². The number of carbonyl (C=O) groups is 1. The zero-order chi connectivity index (χ0) is 3.58. The molecule has 0 heterocycles. The third kappa shape index (κ3) is 55.4. The quantitative estimate of drug-likeness (QED) is 0.468. The van der Waals surface area contributed by atoms with Gasteiger partial charge in [-0.3, -0.25) is 4.79 Å². The third-order valence-corrected chi connectivity index (χ3v) is 0. The molecule has 2 nitrogen and oxygen atoms in total. The molecule has 0 rings (SSSR count). The Kier molecular flexibility index (Phi) is 25.1. The van der Waals surface area contributed by atoms with Crippen LogP contribution < -0.4 is 0 Å². The minimum atomic E-state index is -1.08. The SMILES string of the molecule is [CH2]C(=O)O.[CaH2].[Zn]. The van der Waals surface area contributed by atoms with Gasteiger partial charge in [0.05, 0.1) is 6.92 Å². The maximum atomic E-state index is 8.89. The van der Waals surface area contributed by atoms with Crippen LogP contribution in [0, 0.1) is 6.92 Å². The van der Waals surface area contributed by atoms with Crippen LogP contribution in [0.4, 0.5) is 0 Å². The number of hydrogen-bond donors (Lipinski definition) is 1. The first-order chi connectivity index (χ1) is 1.73. The van der Waals surface area contributed by atoms with E-state index in [4.69, 9.17) is 9.90 Å². The van der Waals surface area contributed by atoms with Crippen molar-refractivity contribution >= 4 is 43.7 Å². The molecule has 0 unspecified atom stereocenters. The van der Waals surface area contributed by atoms with Crippen LogP contribution in [0.25, 0.3) is 0 Å². The molecule has 0 saturated heterocycles. The number of carboxylic acid groups (broad SMARTS) is 1. The minimum absolute atomic E-state index is 0. The van der Waals surface area contributed by atoms with Crippen molar-refractivity contribution in [3.63, 3.8) is 0 Å². The van der Waals surface area contributed by atoms with E-state index in [1.54, 1.807) is 0 Å². The molecular weight excluding hydrogens is 161 g/mol. The fourth-order valence-corrected chi connectivity index (χ4v) is 0. The van der Waals surface area contributed by atoms with E-state index in [1.807, 2.05) is 0 Å². The van der Waals surface area contributed by atoms with Crippen LogP contribution in [0.15, 0.2) is 0 Å². The summed E-state index contributed by atoms with van der Waals surface area (Å²) in [5, 5.41) is 7.31. The summed E-state index contributed by atoms with van der Waals surface area (Å²) in [6.45, 7) is 2.56. The Bertz CT molecular complexity index is 34.5. The standard InChI is InChI=1S/C2H3O2.Ca.Zn.2H/c1-2(3)4;;;;/h1H2,(H,3,4);;;;. The number of hydrogen-bond acceptors (Lipinski definition) is 1. The molecule has 1 N–H and O–H groups in total. The molecule has 0 aliphatic carbocycles. The zero-order valence-electron chi connectivity index (χ0n) is 2.77. The van der Waals surface area contributed by atoms with Crippen molar-refractivity contribution in [1.29, 1.82) is 0 Å². The van der Waals surface area contributed by atoms with Gasteiger partial charge in [0.2, 0.25) is 0 Å². The molecule has 0 fully saturated rings. The summed E-state index contributed by atoms with van der Waals surface area (Å²) in [6.07, 6.45) is 0. The number of aliphatic carboxylic acids is 1. The number of rotatable bonds is 0. The molecule has 0 aromatic carbocycles. The van der Waals surface area contributed by atoms with Crippen molar-refractivity contribution < 1.29 is 29.4 Å². The Hall–Kier alpha value is 1.35. The predicted molar refractivity (Wildman–Crippen MR) is 21.5 cm³/mol. The van der Waals surface area contributed by atoms with Crippen molar-refractivity contribution in [2.45, 2.75) is 0 Å². The van der Waals surface area contributed by atoms with Crippen LogP contribution in [0.2, 0.25) is 0 Å². The second kappa shape index (κ2) is 9.61. The fourth-order valence-electron chi connectivity index (χ4n) is 0. The third-order valence-electron chi connectivity index (χ3n) is 0. The maximum Gasteiger partial charge on any atom is 0 e. The Morgan fingerprint density at radius 3 is 1.67 bits per heavy atom. The summed E-state index contributed by atoms with van der Waals surface area (Å²) in [7, 11) is 0. The normalized spacial score (nSPS) is 4.17. The van der Waals surface area contributed by atoms with Gasteiger partial charge in [-0.25, -0.2) is 0 Å².